The van der Waals surface area contributed by atoms with E-state index in [2.05, 4.69) is 47.0 Å². The minimum atomic E-state index is 0.0471. The zero-order valence-corrected chi connectivity index (χ0v) is 15.0. The SMILES string of the molecule is CCCCCN(C(=O)c1cc(Br)cnc1NCC)C(C)C. The van der Waals surface area contributed by atoms with Crippen LogP contribution in [0, 0.1) is 0 Å². The van der Waals surface area contributed by atoms with E-state index in [1.165, 1.54) is 0 Å². The Morgan fingerprint density at radius 2 is 2.10 bits per heavy atom. The Balaban J connectivity index is 2.99. The number of hydrogen-bond donors (Lipinski definition) is 1. The van der Waals surface area contributed by atoms with E-state index in [4.69, 9.17) is 0 Å². The second kappa shape index (κ2) is 9.03. The fourth-order valence-electron chi connectivity index (χ4n) is 2.19. The molecule has 0 saturated heterocycles. The highest BCUT2D eigenvalue weighted by molar-refractivity contribution is 9.10. The summed E-state index contributed by atoms with van der Waals surface area (Å²) in [6, 6.07) is 2.03. The molecular weight excluding hydrogens is 330 g/mol. The number of anilines is 1. The summed E-state index contributed by atoms with van der Waals surface area (Å²) in [5.74, 6) is 0.706. The number of amides is 1. The lowest BCUT2D eigenvalue weighted by atomic mass is 10.1. The lowest BCUT2D eigenvalue weighted by Crippen LogP contribution is -2.38. The molecule has 0 aliphatic rings. The van der Waals surface area contributed by atoms with Crippen molar-refractivity contribution in [2.75, 3.05) is 18.4 Å². The maximum absolute atomic E-state index is 12.9. The number of nitrogens with one attached hydrogen (secondary N) is 1. The first-order valence-electron chi connectivity index (χ1n) is 7.71. The Kier molecular flexibility index (Phi) is 7.72. The van der Waals surface area contributed by atoms with Crippen LogP contribution in [0.25, 0.3) is 0 Å². The molecule has 1 amide bonds. The van der Waals surface area contributed by atoms with Gasteiger partial charge in [0.15, 0.2) is 0 Å². The summed E-state index contributed by atoms with van der Waals surface area (Å²) in [7, 11) is 0. The van der Waals surface area contributed by atoms with Gasteiger partial charge in [-0.3, -0.25) is 4.79 Å². The first-order chi connectivity index (χ1) is 10.0. The van der Waals surface area contributed by atoms with E-state index in [1.807, 2.05) is 17.9 Å². The van der Waals surface area contributed by atoms with Crippen LogP contribution in [0.5, 0.6) is 0 Å². The lowest BCUT2D eigenvalue weighted by Gasteiger charge is -2.27. The number of carbonyl (C=O) groups is 1. The van der Waals surface area contributed by atoms with E-state index in [0.29, 0.717) is 11.4 Å². The molecule has 0 unspecified atom stereocenters. The minimum Gasteiger partial charge on any atom is -0.370 e. The fraction of sp³-hybridized carbons (Fsp3) is 0.625. The molecule has 0 aliphatic carbocycles. The summed E-state index contributed by atoms with van der Waals surface area (Å²) in [4.78, 5) is 19.1. The third-order valence-electron chi connectivity index (χ3n) is 3.32. The number of hydrogen-bond acceptors (Lipinski definition) is 3. The van der Waals surface area contributed by atoms with Crippen molar-refractivity contribution >= 4 is 27.7 Å². The molecule has 0 fully saturated rings. The Labute approximate surface area is 136 Å². The predicted molar refractivity (Wildman–Crippen MR) is 91.8 cm³/mol. The van der Waals surface area contributed by atoms with Crippen molar-refractivity contribution in [1.29, 1.82) is 0 Å². The fourth-order valence-corrected chi connectivity index (χ4v) is 2.52. The third-order valence-corrected chi connectivity index (χ3v) is 3.75. The van der Waals surface area contributed by atoms with Crippen LogP contribution in [-0.2, 0) is 0 Å². The highest BCUT2D eigenvalue weighted by Crippen LogP contribution is 2.21. The molecule has 1 heterocycles. The Hall–Kier alpha value is -1.10. The zero-order valence-electron chi connectivity index (χ0n) is 13.4. The maximum atomic E-state index is 12.9. The molecule has 1 rings (SSSR count). The van der Waals surface area contributed by atoms with Crippen LogP contribution in [0.15, 0.2) is 16.7 Å². The van der Waals surface area contributed by atoms with Crippen molar-refractivity contribution in [1.82, 2.24) is 9.88 Å². The summed E-state index contributed by atoms with van der Waals surface area (Å²) in [6.45, 7) is 9.82. The van der Waals surface area contributed by atoms with Gasteiger partial charge in [-0.25, -0.2) is 4.98 Å². The van der Waals surface area contributed by atoms with E-state index in [-0.39, 0.29) is 11.9 Å². The molecule has 0 aromatic carbocycles. The van der Waals surface area contributed by atoms with Gasteiger partial charge in [-0.05, 0) is 49.2 Å². The number of pyridine rings is 1. The summed E-state index contributed by atoms with van der Waals surface area (Å²) < 4.78 is 0.824. The average molecular weight is 356 g/mol. The molecule has 0 aliphatic heterocycles. The van der Waals surface area contributed by atoms with Crippen LogP contribution in [0.4, 0.5) is 5.82 Å². The highest BCUT2D eigenvalue weighted by Gasteiger charge is 2.22. The van der Waals surface area contributed by atoms with Crippen molar-refractivity contribution in [3.05, 3.63) is 22.3 Å². The average Bonchev–Trinajstić information content (AvgIpc) is 2.44. The van der Waals surface area contributed by atoms with E-state index in [9.17, 15) is 4.79 Å². The highest BCUT2D eigenvalue weighted by atomic mass is 79.9. The molecule has 0 atom stereocenters. The first-order valence-corrected chi connectivity index (χ1v) is 8.50. The largest absolute Gasteiger partial charge is 0.370 e. The summed E-state index contributed by atoms with van der Waals surface area (Å²) in [5.41, 5.74) is 0.636. The van der Waals surface area contributed by atoms with Crippen LogP contribution in [0.3, 0.4) is 0 Å². The van der Waals surface area contributed by atoms with Crippen molar-refractivity contribution in [3.63, 3.8) is 0 Å². The molecule has 1 N–H and O–H groups in total. The summed E-state index contributed by atoms with van der Waals surface area (Å²) in [6.07, 6.45) is 5.05. The number of aromatic nitrogens is 1. The van der Waals surface area contributed by atoms with E-state index < -0.39 is 0 Å². The van der Waals surface area contributed by atoms with Gasteiger partial charge in [-0.2, -0.15) is 0 Å². The topological polar surface area (TPSA) is 45.2 Å². The summed E-state index contributed by atoms with van der Waals surface area (Å²) in [5, 5.41) is 3.17. The minimum absolute atomic E-state index is 0.0471. The normalized spacial score (nSPS) is 10.8. The molecule has 4 nitrogen and oxygen atoms in total. The smallest absolute Gasteiger partial charge is 0.257 e. The third kappa shape index (κ3) is 5.30. The molecule has 21 heavy (non-hydrogen) atoms. The van der Waals surface area contributed by atoms with Crippen LogP contribution in [-0.4, -0.2) is 34.9 Å². The van der Waals surface area contributed by atoms with Crippen molar-refractivity contribution < 1.29 is 4.79 Å². The number of carbonyl (C=O) groups excluding carboxylic acids is 1. The van der Waals surface area contributed by atoms with Crippen LogP contribution < -0.4 is 5.32 Å². The first kappa shape index (κ1) is 18.0. The van der Waals surface area contributed by atoms with Gasteiger partial charge in [0.2, 0.25) is 0 Å². The Morgan fingerprint density at radius 1 is 1.38 bits per heavy atom. The summed E-state index contributed by atoms with van der Waals surface area (Å²) >= 11 is 3.40. The predicted octanol–water partition coefficient (Wildman–Crippen LogP) is 4.32. The maximum Gasteiger partial charge on any atom is 0.257 e. The zero-order chi connectivity index (χ0) is 15.8. The quantitative estimate of drug-likeness (QED) is 0.706. The molecule has 0 bridgehead atoms. The number of nitrogens with zero attached hydrogens (tertiary/aromatic N) is 2. The van der Waals surface area contributed by atoms with E-state index in [0.717, 1.165) is 36.8 Å². The molecule has 1 aromatic rings. The Bertz CT molecular complexity index is 463. The second-order valence-corrected chi connectivity index (χ2v) is 6.30. The lowest BCUT2D eigenvalue weighted by molar-refractivity contribution is 0.0703. The molecule has 1 aromatic heterocycles. The molecule has 0 radical (unpaired) electrons. The molecule has 118 valence electrons. The van der Waals surface area contributed by atoms with Gasteiger partial charge in [-0.1, -0.05) is 19.8 Å². The monoisotopic (exact) mass is 355 g/mol. The van der Waals surface area contributed by atoms with E-state index >= 15 is 0 Å². The van der Waals surface area contributed by atoms with Gasteiger partial charge >= 0.3 is 0 Å². The molecule has 0 spiro atoms. The molecule has 0 saturated carbocycles. The van der Waals surface area contributed by atoms with Gasteiger partial charge in [0, 0.05) is 29.8 Å². The number of rotatable bonds is 8. The number of unbranched alkanes of at least 4 members (excludes halogenated alkanes) is 2. The van der Waals surface area contributed by atoms with Gasteiger partial charge in [0.1, 0.15) is 5.82 Å². The van der Waals surface area contributed by atoms with Gasteiger partial charge < -0.3 is 10.2 Å². The standard InChI is InChI=1S/C16H26BrN3O/c1-5-7-8-9-20(12(3)4)16(21)14-10-13(17)11-19-15(14)18-6-2/h10-12H,5-9H2,1-4H3,(H,18,19). The van der Waals surface area contributed by atoms with Crippen LogP contribution >= 0.6 is 15.9 Å². The van der Waals surface area contributed by atoms with Crippen molar-refractivity contribution in [3.8, 4) is 0 Å². The van der Waals surface area contributed by atoms with Gasteiger partial charge in [-0.15, -0.1) is 0 Å². The van der Waals surface area contributed by atoms with Crippen molar-refractivity contribution in [2.45, 2.75) is 53.0 Å². The van der Waals surface area contributed by atoms with Crippen molar-refractivity contribution in [2.24, 2.45) is 0 Å². The Morgan fingerprint density at radius 3 is 2.67 bits per heavy atom. The van der Waals surface area contributed by atoms with Gasteiger partial charge in [0.05, 0.1) is 5.56 Å². The van der Waals surface area contributed by atoms with Gasteiger partial charge in [0.25, 0.3) is 5.91 Å². The van der Waals surface area contributed by atoms with Crippen LogP contribution in [0.2, 0.25) is 0 Å². The second-order valence-electron chi connectivity index (χ2n) is 5.38. The molecular formula is C16H26BrN3O. The van der Waals surface area contributed by atoms with E-state index in [1.54, 1.807) is 6.20 Å². The molecule has 5 heteroatoms. The van der Waals surface area contributed by atoms with Crippen LogP contribution in [0.1, 0.15) is 57.3 Å². The number of halogens is 1.